The molecule has 0 radical (unpaired) electrons. The average Bonchev–Trinajstić information content (AvgIpc) is 2.93. The Labute approximate surface area is 246 Å². The number of hydrogen-bond acceptors (Lipinski definition) is 4. The van der Waals surface area contributed by atoms with E-state index in [2.05, 4.69) is 33.9 Å². The van der Waals surface area contributed by atoms with E-state index in [0.29, 0.717) is 32.1 Å². The number of benzene rings is 1. The molecule has 0 spiro atoms. The number of hydrogen-bond donors (Lipinski definition) is 0. The van der Waals surface area contributed by atoms with Crippen LogP contribution in [-0.2, 0) is 32.3 Å². The summed E-state index contributed by atoms with van der Waals surface area (Å²) in [5, 5.41) is 0. The molecule has 0 saturated heterocycles. The lowest BCUT2D eigenvalue weighted by Crippen LogP contribution is -2.33. The first kappa shape index (κ1) is 35.1. The van der Waals surface area contributed by atoms with Gasteiger partial charge in [-0.05, 0) is 47.5 Å². The fraction of sp³-hybridized carbons (Fsp3) is 0.455. The topological polar surface area (TPSA) is 81.2 Å². The predicted octanol–water partition coefficient (Wildman–Crippen LogP) is 4.45. The van der Waals surface area contributed by atoms with Crippen LogP contribution >= 0.6 is 0 Å². The molecule has 1 unspecified atom stereocenters. The predicted molar refractivity (Wildman–Crippen MR) is 166 cm³/mol. The van der Waals surface area contributed by atoms with Crippen LogP contribution in [0.4, 0.5) is 0 Å². The largest absolute Gasteiger partial charge is 0.342 e. The van der Waals surface area contributed by atoms with Crippen molar-refractivity contribution in [1.82, 2.24) is 19.6 Å². The van der Waals surface area contributed by atoms with Gasteiger partial charge in [0.2, 0.25) is 23.6 Å². The van der Waals surface area contributed by atoms with Crippen molar-refractivity contribution in [2.75, 3.05) is 41.3 Å². The number of allylic oxidation sites excluding steroid dienone is 2. The number of carbonyl (C=O) groups excluding carboxylic acids is 4. The lowest BCUT2D eigenvalue weighted by Gasteiger charge is -2.31. The van der Waals surface area contributed by atoms with E-state index in [9.17, 15) is 19.2 Å². The van der Waals surface area contributed by atoms with Crippen LogP contribution < -0.4 is 0 Å². The second-order valence-corrected chi connectivity index (χ2v) is 11.5. The second-order valence-electron chi connectivity index (χ2n) is 11.5. The third-order valence-corrected chi connectivity index (χ3v) is 6.92. The Bertz CT molecular complexity index is 1120. The summed E-state index contributed by atoms with van der Waals surface area (Å²) < 4.78 is 0. The first-order valence-electron chi connectivity index (χ1n) is 13.9. The van der Waals surface area contributed by atoms with Gasteiger partial charge < -0.3 is 19.6 Å². The first-order valence-corrected chi connectivity index (χ1v) is 13.9. The lowest BCUT2D eigenvalue weighted by atomic mass is 9.80. The van der Waals surface area contributed by atoms with Gasteiger partial charge in [0.05, 0.1) is 0 Å². The Morgan fingerprint density at radius 1 is 0.732 bits per heavy atom. The highest BCUT2D eigenvalue weighted by molar-refractivity contribution is 5.89. The minimum Gasteiger partial charge on any atom is -0.342 e. The summed E-state index contributed by atoms with van der Waals surface area (Å²) in [5.74, 6) is -0.199. The van der Waals surface area contributed by atoms with Crippen molar-refractivity contribution < 1.29 is 19.2 Å². The highest BCUT2D eigenvalue weighted by Crippen LogP contribution is 2.29. The molecule has 8 heteroatoms. The summed E-state index contributed by atoms with van der Waals surface area (Å²) in [6.45, 7) is 15.7. The molecule has 1 aromatic carbocycles. The van der Waals surface area contributed by atoms with Crippen LogP contribution in [0.25, 0.3) is 0 Å². The standard InChI is InChI=1S/C33H48N4O4/c1-10-29(38)35(7)23-26(3)22-33(4,5)20-21-34(6)31(40)14-12-13-15-32(41)37(9)25-28-18-16-27(17-19-28)24-36(8)30(39)11-2/h10-19,26H,1-2,20-25H2,3-9H3/b14-12+,15-13+. The highest BCUT2D eigenvalue weighted by Gasteiger charge is 2.23. The van der Waals surface area contributed by atoms with Crippen LogP contribution in [0.15, 0.2) is 73.9 Å². The Hall–Kier alpha value is -3.94. The number of carbonyl (C=O) groups is 4. The van der Waals surface area contributed by atoms with Crippen molar-refractivity contribution in [2.24, 2.45) is 11.3 Å². The van der Waals surface area contributed by atoms with Crippen LogP contribution in [-0.4, -0.2) is 84.5 Å². The molecule has 41 heavy (non-hydrogen) atoms. The first-order chi connectivity index (χ1) is 19.2. The Morgan fingerprint density at radius 2 is 1.15 bits per heavy atom. The van der Waals surface area contributed by atoms with Gasteiger partial charge in [-0.3, -0.25) is 19.2 Å². The smallest absolute Gasteiger partial charge is 0.246 e. The number of rotatable bonds is 16. The maximum absolute atomic E-state index is 12.5. The minimum atomic E-state index is -0.174. The van der Waals surface area contributed by atoms with E-state index in [0.717, 1.165) is 24.0 Å². The van der Waals surface area contributed by atoms with Gasteiger partial charge >= 0.3 is 0 Å². The van der Waals surface area contributed by atoms with Crippen LogP contribution in [0.3, 0.4) is 0 Å². The van der Waals surface area contributed by atoms with E-state index in [-0.39, 0.29) is 29.0 Å². The maximum atomic E-state index is 12.5. The summed E-state index contributed by atoms with van der Waals surface area (Å²) >= 11 is 0. The van der Waals surface area contributed by atoms with Crippen molar-refractivity contribution in [3.8, 4) is 0 Å². The van der Waals surface area contributed by atoms with Crippen LogP contribution in [0.1, 0.15) is 44.7 Å². The SMILES string of the molecule is C=CC(=O)N(C)Cc1ccc(CN(C)C(=O)/C=C/C=C/C(=O)N(C)CCC(C)(C)CC(C)CN(C)C(=O)C=C)cc1. The fourth-order valence-electron chi connectivity index (χ4n) is 4.54. The van der Waals surface area contributed by atoms with Gasteiger partial charge in [-0.1, -0.05) is 70.3 Å². The Kier molecular flexibility index (Phi) is 14.5. The molecule has 1 atom stereocenters. The summed E-state index contributed by atoms with van der Waals surface area (Å²) in [6.07, 6.45) is 10.4. The molecule has 4 amide bonds. The quantitative estimate of drug-likeness (QED) is 0.220. The summed E-state index contributed by atoms with van der Waals surface area (Å²) in [6, 6.07) is 7.75. The van der Waals surface area contributed by atoms with E-state index in [1.165, 1.54) is 24.3 Å². The molecule has 224 valence electrons. The van der Waals surface area contributed by atoms with Crippen molar-refractivity contribution in [2.45, 2.75) is 46.7 Å². The molecule has 0 aromatic heterocycles. The summed E-state index contributed by atoms with van der Waals surface area (Å²) in [7, 11) is 6.99. The summed E-state index contributed by atoms with van der Waals surface area (Å²) in [4.78, 5) is 54.9. The van der Waals surface area contributed by atoms with Crippen molar-refractivity contribution >= 4 is 23.6 Å². The van der Waals surface area contributed by atoms with E-state index in [4.69, 9.17) is 0 Å². The highest BCUT2D eigenvalue weighted by atomic mass is 16.2. The lowest BCUT2D eigenvalue weighted by molar-refractivity contribution is -0.126. The molecule has 0 heterocycles. The zero-order valence-electron chi connectivity index (χ0n) is 25.9. The van der Waals surface area contributed by atoms with Gasteiger partial charge in [0, 0.05) is 66.5 Å². The molecular weight excluding hydrogens is 516 g/mol. The van der Waals surface area contributed by atoms with Crippen molar-refractivity contribution in [3.05, 3.63) is 85.0 Å². The monoisotopic (exact) mass is 564 g/mol. The van der Waals surface area contributed by atoms with E-state index < -0.39 is 0 Å². The minimum absolute atomic E-state index is 0.00780. The normalized spacial score (nSPS) is 12.2. The van der Waals surface area contributed by atoms with Crippen LogP contribution in [0, 0.1) is 11.3 Å². The summed E-state index contributed by atoms with van der Waals surface area (Å²) in [5.41, 5.74) is 1.97. The van der Waals surface area contributed by atoms with E-state index >= 15 is 0 Å². The second kappa shape index (κ2) is 17.0. The van der Waals surface area contributed by atoms with Gasteiger partial charge in [0.25, 0.3) is 0 Å². The van der Waals surface area contributed by atoms with Crippen LogP contribution in [0.2, 0.25) is 0 Å². The Morgan fingerprint density at radius 3 is 1.61 bits per heavy atom. The molecule has 8 nitrogen and oxygen atoms in total. The molecular formula is C33H48N4O4. The fourth-order valence-corrected chi connectivity index (χ4v) is 4.54. The van der Waals surface area contributed by atoms with Gasteiger partial charge in [0.1, 0.15) is 0 Å². The molecule has 0 N–H and O–H groups in total. The number of likely N-dealkylation sites (N-methyl/N-ethyl adjacent to an activating group) is 4. The average molecular weight is 565 g/mol. The molecule has 1 aromatic rings. The van der Waals surface area contributed by atoms with Gasteiger partial charge in [-0.15, -0.1) is 0 Å². The number of amides is 4. The van der Waals surface area contributed by atoms with Crippen molar-refractivity contribution in [1.29, 1.82) is 0 Å². The maximum Gasteiger partial charge on any atom is 0.246 e. The van der Waals surface area contributed by atoms with E-state index in [1.54, 1.807) is 59.9 Å². The zero-order chi connectivity index (χ0) is 31.2. The van der Waals surface area contributed by atoms with Gasteiger partial charge in [-0.25, -0.2) is 0 Å². The zero-order valence-corrected chi connectivity index (χ0v) is 25.9. The molecule has 0 saturated carbocycles. The molecule has 1 rings (SSSR count). The third kappa shape index (κ3) is 13.3. The van der Waals surface area contributed by atoms with Crippen molar-refractivity contribution in [3.63, 3.8) is 0 Å². The van der Waals surface area contributed by atoms with E-state index in [1.807, 2.05) is 24.3 Å². The third-order valence-electron chi connectivity index (χ3n) is 6.92. The molecule has 0 aliphatic heterocycles. The molecule has 0 aliphatic carbocycles. The molecule has 0 aliphatic rings. The van der Waals surface area contributed by atoms with Gasteiger partial charge in [-0.2, -0.15) is 0 Å². The Balaban J connectivity index is 2.50. The molecule has 0 bridgehead atoms. The van der Waals surface area contributed by atoms with Crippen LogP contribution in [0.5, 0.6) is 0 Å². The molecule has 0 fully saturated rings. The van der Waals surface area contributed by atoms with Gasteiger partial charge in [0.15, 0.2) is 0 Å². The number of nitrogens with zero attached hydrogens (tertiary/aromatic N) is 4.